The summed E-state index contributed by atoms with van der Waals surface area (Å²) < 4.78 is 10.6. The fraction of sp³-hybridized carbons (Fsp3) is 0.923. The van der Waals surface area contributed by atoms with Crippen molar-refractivity contribution in [2.45, 2.75) is 27.7 Å². The Bertz CT molecular complexity index is 181. The van der Waals surface area contributed by atoms with Gasteiger partial charge in [0.1, 0.15) is 0 Å². The van der Waals surface area contributed by atoms with E-state index < -0.39 is 0 Å². The van der Waals surface area contributed by atoms with Gasteiger partial charge in [-0.1, -0.05) is 20.8 Å². The Balaban J connectivity index is 0. The fourth-order valence-electron chi connectivity index (χ4n) is 1.10. The fourth-order valence-corrected chi connectivity index (χ4v) is 1.10. The third-order valence-corrected chi connectivity index (χ3v) is 1.91. The number of ether oxygens (including phenoxy) is 2. The summed E-state index contributed by atoms with van der Waals surface area (Å²) in [5, 5.41) is 8.48. The van der Waals surface area contributed by atoms with Gasteiger partial charge in [-0.3, -0.25) is 0 Å². The highest BCUT2D eigenvalue weighted by Crippen LogP contribution is 1.78. The summed E-state index contributed by atoms with van der Waals surface area (Å²) in [6.45, 7) is 13.3. The molecule has 0 aliphatic rings. The van der Waals surface area contributed by atoms with Crippen LogP contribution in [0.4, 0.5) is 4.79 Å². The van der Waals surface area contributed by atoms with Crippen LogP contribution in [-0.2, 0) is 9.47 Å². The molecule has 0 bridgehead atoms. The highest BCUT2D eigenvalue weighted by atomic mass is 16.5. The van der Waals surface area contributed by atoms with Crippen LogP contribution in [0.1, 0.15) is 27.7 Å². The highest BCUT2D eigenvalue weighted by Gasteiger charge is 1.95. The van der Waals surface area contributed by atoms with Crippen LogP contribution in [0.2, 0.25) is 0 Å². The molecule has 0 unspecified atom stereocenters. The molecule has 116 valence electrons. The summed E-state index contributed by atoms with van der Waals surface area (Å²) in [5.41, 5.74) is 0. The van der Waals surface area contributed by atoms with Crippen LogP contribution in [0.15, 0.2) is 0 Å². The van der Waals surface area contributed by atoms with Crippen molar-refractivity contribution in [1.29, 1.82) is 0 Å². The molecule has 0 heterocycles. The molecule has 0 fully saturated rings. The molecule has 0 aliphatic carbocycles. The third-order valence-electron chi connectivity index (χ3n) is 1.91. The molecule has 0 rings (SSSR count). The van der Waals surface area contributed by atoms with Gasteiger partial charge in [0.05, 0.1) is 26.4 Å². The van der Waals surface area contributed by atoms with Gasteiger partial charge >= 0.3 is 6.03 Å². The van der Waals surface area contributed by atoms with Gasteiger partial charge in [-0.2, -0.15) is 0 Å². The van der Waals surface area contributed by atoms with Gasteiger partial charge in [0, 0.05) is 19.6 Å². The molecule has 0 atom stereocenters. The van der Waals surface area contributed by atoms with E-state index >= 15 is 0 Å². The number of urea groups is 1. The van der Waals surface area contributed by atoms with Crippen molar-refractivity contribution in [3.63, 3.8) is 0 Å². The lowest BCUT2D eigenvalue weighted by Crippen LogP contribution is -2.37. The van der Waals surface area contributed by atoms with Crippen molar-refractivity contribution < 1.29 is 14.3 Å². The van der Waals surface area contributed by atoms with Crippen molar-refractivity contribution in [1.82, 2.24) is 16.0 Å². The lowest BCUT2D eigenvalue weighted by molar-refractivity contribution is 0.0506. The molecule has 6 nitrogen and oxygen atoms in total. The molecule has 6 heteroatoms. The minimum absolute atomic E-state index is 0.155. The first-order valence-electron chi connectivity index (χ1n) is 7.19. The SMILES string of the molecule is CC.CCNCCOCCOCCNC(=O)NCC. The standard InChI is InChI=1S/C11H25N3O3.C2H6/c1-3-12-5-7-16-9-10-17-8-6-14-11(15)13-4-2;1-2/h12H,3-10H2,1-2H3,(H2,13,14,15);1-2H3. The minimum Gasteiger partial charge on any atom is -0.378 e. The van der Waals surface area contributed by atoms with Gasteiger partial charge in [-0.25, -0.2) is 4.79 Å². The zero-order valence-electron chi connectivity index (χ0n) is 12.9. The highest BCUT2D eigenvalue weighted by molar-refractivity contribution is 5.73. The van der Waals surface area contributed by atoms with Crippen molar-refractivity contribution in [2.24, 2.45) is 0 Å². The van der Waals surface area contributed by atoms with E-state index in [2.05, 4.69) is 22.9 Å². The zero-order valence-corrected chi connectivity index (χ0v) is 12.9. The lowest BCUT2D eigenvalue weighted by Gasteiger charge is -2.07. The second-order valence-corrected chi connectivity index (χ2v) is 3.36. The Morgan fingerprint density at radius 1 is 0.842 bits per heavy atom. The second kappa shape index (κ2) is 19.5. The Hall–Kier alpha value is -0.850. The maximum Gasteiger partial charge on any atom is 0.314 e. The van der Waals surface area contributed by atoms with Crippen LogP contribution in [0.5, 0.6) is 0 Å². The molecule has 0 saturated heterocycles. The maximum atomic E-state index is 11.0. The topological polar surface area (TPSA) is 71.6 Å². The normalized spacial score (nSPS) is 9.47. The average Bonchev–Trinajstić information content (AvgIpc) is 2.43. The largest absolute Gasteiger partial charge is 0.378 e. The molecule has 0 aromatic rings. The van der Waals surface area contributed by atoms with Crippen LogP contribution in [0.3, 0.4) is 0 Å². The van der Waals surface area contributed by atoms with Crippen molar-refractivity contribution >= 4 is 6.03 Å². The monoisotopic (exact) mass is 277 g/mol. The summed E-state index contributed by atoms with van der Waals surface area (Å²) >= 11 is 0. The average molecular weight is 277 g/mol. The van der Waals surface area contributed by atoms with Crippen LogP contribution < -0.4 is 16.0 Å². The van der Waals surface area contributed by atoms with Gasteiger partial charge in [0.15, 0.2) is 0 Å². The first kappa shape index (κ1) is 20.5. The molecule has 0 aromatic heterocycles. The molecule has 0 aliphatic heterocycles. The molecule has 3 N–H and O–H groups in total. The van der Waals surface area contributed by atoms with Crippen LogP contribution in [0, 0.1) is 0 Å². The van der Waals surface area contributed by atoms with Gasteiger partial charge < -0.3 is 25.4 Å². The second-order valence-electron chi connectivity index (χ2n) is 3.36. The molecule has 0 saturated carbocycles. The quantitative estimate of drug-likeness (QED) is 0.492. The lowest BCUT2D eigenvalue weighted by atomic mass is 10.6. The Kier molecular flexibility index (Phi) is 21.0. The number of rotatable bonds is 11. The van der Waals surface area contributed by atoms with E-state index in [1.807, 2.05) is 20.8 Å². The number of nitrogens with one attached hydrogen (secondary N) is 3. The summed E-state index contributed by atoms with van der Waals surface area (Å²) in [6, 6.07) is -0.155. The molecular weight excluding hydrogens is 246 g/mol. The van der Waals surface area contributed by atoms with Gasteiger partial charge in [0.25, 0.3) is 0 Å². The first-order valence-corrected chi connectivity index (χ1v) is 7.19. The van der Waals surface area contributed by atoms with E-state index in [9.17, 15) is 4.79 Å². The van der Waals surface area contributed by atoms with E-state index in [0.717, 1.165) is 13.1 Å². The molecule has 0 aromatic carbocycles. The van der Waals surface area contributed by atoms with Gasteiger partial charge in [-0.05, 0) is 13.5 Å². The number of hydrogen-bond acceptors (Lipinski definition) is 4. The summed E-state index contributed by atoms with van der Waals surface area (Å²) in [6.07, 6.45) is 0. The predicted molar refractivity (Wildman–Crippen MR) is 78.6 cm³/mol. The predicted octanol–water partition coefficient (Wildman–Crippen LogP) is 0.974. The number of carbonyl (C=O) groups excluding carboxylic acids is 1. The van der Waals surface area contributed by atoms with E-state index in [1.165, 1.54) is 0 Å². The molecular formula is C13H31N3O3. The number of likely N-dealkylation sites (N-methyl/N-ethyl adjacent to an activating group) is 1. The molecule has 19 heavy (non-hydrogen) atoms. The minimum atomic E-state index is -0.155. The van der Waals surface area contributed by atoms with Crippen LogP contribution in [0.25, 0.3) is 0 Å². The van der Waals surface area contributed by atoms with Gasteiger partial charge in [-0.15, -0.1) is 0 Å². The smallest absolute Gasteiger partial charge is 0.314 e. The van der Waals surface area contributed by atoms with Crippen molar-refractivity contribution in [3.8, 4) is 0 Å². The van der Waals surface area contributed by atoms with E-state index in [0.29, 0.717) is 39.5 Å². The summed E-state index contributed by atoms with van der Waals surface area (Å²) in [4.78, 5) is 11.0. The van der Waals surface area contributed by atoms with Gasteiger partial charge in [0.2, 0.25) is 0 Å². The van der Waals surface area contributed by atoms with Crippen LogP contribution in [-0.4, -0.2) is 58.6 Å². The van der Waals surface area contributed by atoms with Crippen molar-refractivity contribution in [3.05, 3.63) is 0 Å². The summed E-state index contributed by atoms with van der Waals surface area (Å²) in [7, 11) is 0. The summed E-state index contributed by atoms with van der Waals surface area (Å²) in [5.74, 6) is 0. The Morgan fingerprint density at radius 3 is 1.95 bits per heavy atom. The molecule has 0 spiro atoms. The maximum absolute atomic E-state index is 11.0. The van der Waals surface area contributed by atoms with Crippen molar-refractivity contribution in [2.75, 3.05) is 52.6 Å². The van der Waals surface area contributed by atoms with Crippen LogP contribution >= 0.6 is 0 Å². The Morgan fingerprint density at radius 2 is 1.42 bits per heavy atom. The Labute approximate surface area is 117 Å². The third kappa shape index (κ3) is 19.7. The molecule has 2 amide bonds. The number of amides is 2. The molecule has 0 radical (unpaired) electrons. The van der Waals surface area contributed by atoms with E-state index in [1.54, 1.807) is 0 Å². The first-order chi connectivity index (χ1) is 9.31. The number of hydrogen-bond donors (Lipinski definition) is 3. The van der Waals surface area contributed by atoms with E-state index in [4.69, 9.17) is 9.47 Å². The van der Waals surface area contributed by atoms with E-state index in [-0.39, 0.29) is 6.03 Å². The number of carbonyl (C=O) groups is 1. The zero-order chi connectivity index (χ0) is 14.8.